The van der Waals surface area contributed by atoms with Gasteiger partial charge in [0.2, 0.25) is 0 Å². The number of rotatable bonds is 2. The molecule has 4 nitrogen and oxygen atoms in total. The Morgan fingerprint density at radius 1 is 1.25 bits per heavy atom. The molecule has 0 aliphatic heterocycles. The highest BCUT2D eigenvalue weighted by molar-refractivity contribution is 5.49. The molecule has 0 aromatic carbocycles. The third kappa shape index (κ3) is 2.66. The zero-order chi connectivity index (χ0) is 11.6. The summed E-state index contributed by atoms with van der Waals surface area (Å²) in [6, 6.07) is 1.93. The molecule has 2 aromatic rings. The van der Waals surface area contributed by atoms with E-state index in [-0.39, 0.29) is 5.41 Å². The van der Waals surface area contributed by atoms with E-state index < -0.39 is 0 Å². The van der Waals surface area contributed by atoms with Crippen molar-refractivity contribution in [3.63, 3.8) is 0 Å². The third-order valence-electron chi connectivity index (χ3n) is 2.09. The molecule has 0 aliphatic carbocycles. The molecule has 0 saturated carbocycles. The standard InChI is InChI=1S/C12H15N3O/c1-12(2,3)7-9-6-11(16-15-9)10-8-13-4-5-14-10/h4-6,8H,7H2,1-3H3. The van der Waals surface area contributed by atoms with Crippen molar-refractivity contribution in [2.75, 3.05) is 0 Å². The van der Waals surface area contributed by atoms with E-state index in [0.29, 0.717) is 5.76 Å². The lowest BCUT2D eigenvalue weighted by molar-refractivity contribution is 0.375. The van der Waals surface area contributed by atoms with Crippen LogP contribution in [0.15, 0.2) is 29.2 Å². The molecule has 2 rings (SSSR count). The highest BCUT2D eigenvalue weighted by Crippen LogP contribution is 2.23. The predicted octanol–water partition coefficient (Wildman–Crippen LogP) is 2.72. The van der Waals surface area contributed by atoms with Gasteiger partial charge in [-0.2, -0.15) is 0 Å². The molecule has 0 unspecified atom stereocenters. The fourth-order valence-electron chi connectivity index (χ4n) is 1.49. The molecule has 0 saturated heterocycles. The SMILES string of the molecule is CC(C)(C)Cc1cc(-c2cnccn2)on1. The lowest BCUT2D eigenvalue weighted by Crippen LogP contribution is -2.09. The average molecular weight is 217 g/mol. The van der Waals surface area contributed by atoms with Crippen molar-refractivity contribution in [3.05, 3.63) is 30.4 Å². The Labute approximate surface area is 94.7 Å². The fraction of sp³-hybridized carbons (Fsp3) is 0.417. The molecule has 0 amide bonds. The molecule has 0 spiro atoms. The molecule has 0 radical (unpaired) electrons. The Bertz CT molecular complexity index is 457. The minimum atomic E-state index is 0.205. The third-order valence-corrected chi connectivity index (χ3v) is 2.09. The van der Waals surface area contributed by atoms with Gasteiger partial charge in [0.15, 0.2) is 5.76 Å². The summed E-state index contributed by atoms with van der Waals surface area (Å²) in [5.74, 6) is 0.673. The topological polar surface area (TPSA) is 51.8 Å². The molecule has 0 bridgehead atoms. The van der Waals surface area contributed by atoms with E-state index >= 15 is 0 Å². The maximum absolute atomic E-state index is 5.24. The molecule has 2 aromatic heterocycles. The summed E-state index contributed by atoms with van der Waals surface area (Å²) >= 11 is 0. The Balaban J connectivity index is 2.21. The first kappa shape index (κ1) is 10.8. The minimum Gasteiger partial charge on any atom is -0.354 e. The van der Waals surface area contributed by atoms with Crippen molar-refractivity contribution in [1.29, 1.82) is 0 Å². The summed E-state index contributed by atoms with van der Waals surface area (Å²) in [7, 11) is 0. The Morgan fingerprint density at radius 3 is 2.69 bits per heavy atom. The lowest BCUT2D eigenvalue weighted by atomic mass is 9.90. The van der Waals surface area contributed by atoms with Gasteiger partial charge >= 0.3 is 0 Å². The predicted molar refractivity (Wildman–Crippen MR) is 60.7 cm³/mol. The second-order valence-corrected chi connectivity index (χ2v) is 5.01. The number of aromatic nitrogens is 3. The van der Waals surface area contributed by atoms with Crippen LogP contribution >= 0.6 is 0 Å². The number of hydrogen-bond donors (Lipinski definition) is 0. The van der Waals surface area contributed by atoms with E-state index in [1.807, 2.05) is 6.07 Å². The Kier molecular flexibility index (Phi) is 2.73. The lowest BCUT2D eigenvalue weighted by Gasteiger charge is -2.14. The highest BCUT2D eigenvalue weighted by Gasteiger charge is 2.15. The second kappa shape index (κ2) is 4.04. The van der Waals surface area contributed by atoms with E-state index in [1.165, 1.54) is 0 Å². The van der Waals surface area contributed by atoms with Gasteiger partial charge in [0, 0.05) is 18.5 Å². The summed E-state index contributed by atoms with van der Waals surface area (Å²) in [4.78, 5) is 8.16. The van der Waals surface area contributed by atoms with Gasteiger partial charge in [-0.1, -0.05) is 25.9 Å². The van der Waals surface area contributed by atoms with Crippen LogP contribution in [-0.2, 0) is 6.42 Å². The summed E-state index contributed by atoms with van der Waals surface area (Å²) in [5, 5.41) is 4.04. The van der Waals surface area contributed by atoms with Gasteiger partial charge in [-0.3, -0.25) is 4.98 Å². The summed E-state index contributed by atoms with van der Waals surface area (Å²) in [5.41, 5.74) is 1.87. The van der Waals surface area contributed by atoms with Crippen LogP contribution in [0, 0.1) is 5.41 Å². The van der Waals surface area contributed by atoms with Gasteiger partial charge in [-0.05, 0) is 11.8 Å². The zero-order valence-corrected chi connectivity index (χ0v) is 9.77. The van der Waals surface area contributed by atoms with Gasteiger partial charge in [0.25, 0.3) is 0 Å². The minimum absolute atomic E-state index is 0.205. The molecular weight excluding hydrogens is 202 g/mol. The van der Waals surface area contributed by atoms with E-state index in [0.717, 1.165) is 17.8 Å². The maximum Gasteiger partial charge on any atom is 0.187 e. The fourth-order valence-corrected chi connectivity index (χ4v) is 1.49. The highest BCUT2D eigenvalue weighted by atomic mass is 16.5. The van der Waals surface area contributed by atoms with Crippen molar-refractivity contribution in [3.8, 4) is 11.5 Å². The molecule has 0 fully saturated rings. The van der Waals surface area contributed by atoms with Crippen LogP contribution in [0.5, 0.6) is 0 Å². The first-order valence-corrected chi connectivity index (χ1v) is 5.26. The average Bonchev–Trinajstić information content (AvgIpc) is 2.65. The summed E-state index contributed by atoms with van der Waals surface area (Å²) in [6.45, 7) is 6.51. The molecule has 84 valence electrons. The Morgan fingerprint density at radius 2 is 2.06 bits per heavy atom. The van der Waals surface area contributed by atoms with Gasteiger partial charge in [-0.15, -0.1) is 0 Å². The smallest absolute Gasteiger partial charge is 0.187 e. The number of hydrogen-bond acceptors (Lipinski definition) is 4. The maximum atomic E-state index is 5.24. The first-order chi connectivity index (χ1) is 7.54. The summed E-state index contributed by atoms with van der Waals surface area (Å²) < 4.78 is 5.24. The van der Waals surface area contributed by atoms with E-state index in [4.69, 9.17) is 4.52 Å². The van der Waals surface area contributed by atoms with E-state index in [1.54, 1.807) is 18.6 Å². The van der Waals surface area contributed by atoms with Crippen LogP contribution in [-0.4, -0.2) is 15.1 Å². The molecule has 2 heterocycles. The zero-order valence-electron chi connectivity index (χ0n) is 9.77. The quantitative estimate of drug-likeness (QED) is 0.776. The van der Waals surface area contributed by atoms with Crippen molar-refractivity contribution in [1.82, 2.24) is 15.1 Å². The molecule has 0 aliphatic rings. The van der Waals surface area contributed by atoms with Gasteiger partial charge in [0.1, 0.15) is 5.69 Å². The van der Waals surface area contributed by atoms with E-state index in [9.17, 15) is 0 Å². The van der Waals surface area contributed by atoms with Crippen molar-refractivity contribution in [2.45, 2.75) is 27.2 Å². The second-order valence-electron chi connectivity index (χ2n) is 5.01. The number of nitrogens with zero attached hydrogens (tertiary/aromatic N) is 3. The first-order valence-electron chi connectivity index (χ1n) is 5.26. The molecule has 4 heteroatoms. The largest absolute Gasteiger partial charge is 0.354 e. The summed E-state index contributed by atoms with van der Waals surface area (Å²) in [6.07, 6.45) is 5.83. The van der Waals surface area contributed by atoms with Crippen LogP contribution < -0.4 is 0 Å². The van der Waals surface area contributed by atoms with Crippen LogP contribution in [0.25, 0.3) is 11.5 Å². The molecular formula is C12H15N3O. The molecule has 16 heavy (non-hydrogen) atoms. The van der Waals surface area contributed by atoms with Crippen molar-refractivity contribution in [2.24, 2.45) is 5.41 Å². The molecule has 0 N–H and O–H groups in total. The van der Waals surface area contributed by atoms with Gasteiger partial charge < -0.3 is 4.52 Å². The van der Waals surface area contributed by atoms with Crippen LogP contribution in [0.2, 0.25) is 0 Å². The van der Waals surface area contributed by atoms with Gasteiger partial charge in [0.05, 0.1) is 11.9 Å². The van der Waals surface area contributed by atoms with Gasteiger partial charge in [-0.25, -0.2) is 4.98 Å². The molecule has 0 atom stereocenters. The van der Waals surface area contributed by atoms with Crippen LogP contribution in [0.1, 0.15) is 26.5 Å². The van der Waals surface area contributed by atoms with Crippen molar-refractivity contribution < 1.29 is 4.52 Å². The van der Waals surface area contributed by atoms with Crippen LogP contribution in [0.3, 0.4) is 0 Å². The van der Waals surface area contributed by atoms with Crippen LogP contribution in [0.4, 0.5) is 0 Å². The monoisotopic (exact) mass is 217 g/mol. The Hall–Kier alpha value is -1.71. The van der Waals surface area contributed by atoms with E-state index in [2.05, 4.69) is 35.9 Å². The van der Waals surface area contributed by atoms with Crippen molar-refractivity contribution >= 4 is 0 Å². The normalized spacial score (nSPS) is 11.7.